The largest absolute Gasteiger partial charge is 0.395 e. The molecule has 0 unspecified atom stereocenters. The third-order valence-electron chi connectivity index (χ3n) is 2.62. The summed E-state index contributed by atoms with van der Waals surface area (Å²) in [4.78, 5) is 2.00. The highest BCUT2D eigenvalue weighted by Gasteiger charge is 2.10. The molecule has 4 N–H and O–H groups in total. The second kappa shape index (κ2) is 6.32. The van der Waals surface area contributed by atoms with Crippen molar-refractivity contribution in [3.63, 3.8) is 0 Å². The Hall–Kier alpha value is -1.46. The van der Waals surface area contributed by atoms with Crippen molar-refractivity contribution in [1.82, 2.24) is 4.90 Å². The van der Waals surface area contributed by atoms with Crippen LogP contribution in [-0.4, -0.2) is 35.5 Å². The molecule has 0 aliphatic heterocycles. The van der Waals surface area contributed by atoms with E-state index < -0.39 is 5.82 Å². The maximum atomic E-state index is 13.1. The Bertz CT molecular complexity index is 395. The Labute approximate surface area is 100 Å². The van der Waals surface area contributed by atoms with Crippen LogP contribution in [0.2, 0.25) is 0 Å². The molecule has 0 aliphatic rings. The van der Waals surface area contributed by atoms with Crippen molar-refractivity contribution < 1.29 is 9.50 Å². The van der Waals surface area contributed by atoms with Crippen molar-refractivity contribution in [3.8, 4) is 0 Å². The quantitative estimate of drug-likeness (QED) is 0.510. The van der Waals surface area contributed by atoms with Gasteiger partial charge in [0.05, 0.1) is 6.61 Å². The average Bonchev–Trinajstić information content (AvgIpc) is 2.30. The lowest BCUT2D eigenvalue weighted by atomic mass is 10.1. The molecule has 94 valence electrons. The van der Waals surface area contributed by atoms with Crippen LogP contribution >= 0.6 is 0 Å². The summed E-state index contributed by atoms with van der Waals surface area (Å²) in [6.07, 6.45) is 0. The molecular formula is C12H18FN3O. The van der Waals surface area contributed by atoms with Crippen LogP contribution in [0.3, 0.4) is 0 Å². The molecule has 0 fully saturated rings. The molecule has 0 radical (unpaired) electrons. The number of hydrogen-bond acceptors (Lipinski definition) is 3. The number of nitrogens with two attached hydrogens (primary N) is 1. The zero-order valence-corrected chi connectivity index (χ0v) is 9.91. The van der Waals surface area contributed by atoms with Crippen LogP contribution in [0.1, 0.15) is 18.1 Å². The Balaban J connectivity index is 2.92. The summed E-state index contributed by atoms with van der Waals surface area (Å²) in [6.45, 7) is 3.92. The van der Waals surface area contributed by atoms with Gasteiger partial charge in [0.1, 0.15) is 11.7 Å². The molecular weight excluding hydrogens is 221 g/mol. The number of rotatable bonds is 6. The molecule has 0 atom stereocenters. The third kappa shape index (κ3) is 3.80. The summed E-state index contributed by atoms with van der Waals surface area (Å²) < 4.78 is 13.1. The molecule has 17 heavy (non-hydrogen) atoms. The SMILES string of the molecule is CCN(CCO)Cc1ccc(F)cc1C(=N)N. The van der Waals surface area contributed by atoms with Gasteiger partial charge in [0.15, 0.2) is 0 Å². The van der Waals surface area contributed by atoms with Gasteiger partial charge in [-0.3, -0.25) is 10.3 Å². The lowest BCUT2D eigenvalue weighted by Crippen LogP contribution is -2.27. The fourth-order valence-electron chi connectivity index (χ4n) is 1.67. The number of hydrogen-bond donors (Lipinski definition) is 3. The lowest BCUT2D eigenvalue weighted by Gasteiger charge is -2.20. The first-order valence-electron chi connectivity index (χ1n) is 5.54. The molecule has 0 spiro atoms. The minimum atomic E-state index is -0.399. The van der Waals surface area contributed by atoms with E-state index in [4.69, 9.17) is 16.2 Å². The fourth-order valence-corrected chi connectivity index (χ4v) is 1.67. The van der Waals surface area contributed by atoms with Crippen LogP contribution in [0.4, 0.5) is 4.39 Å². The van der Waals surface area contributed by atoms with E-state index in [0.29, 0.717) is 18.7 Å². The fraction of sp³-hybridized carbons (Fsp3) is 0.417. The van der Waals surface area contributed by atoms with Crippen molar-refractivity contribution in [2.24, 2.45) is 5.73 Å². The number of nitrogens with zero attached hydrogens (tertiary/aromatic N) is 1. The highest BCUT2D eigenvalue weighted by Crippen LogP contribution is 2.13. The van der Waals surface area contributed by atoms with Crippen LogP contribution in [0.15, 0.2) is 18.2 Å². The minimum Gasteiger partial charge on any atom is -0.395 e. The highest BCUT2D eigenvalue weighted by atomic mass is 19.1. The number of likely N-dealkylation sites (N-methyl/N-ethyl adjacent to an activating group) is 1. The lowest BCUT2D eigenvalue weighted by molar-refractivity contribution is 0.196. The maximum Gasteiger partial charge on any atom is 0.123 e. The smallest absolute Gasteiger partial charge is 0.123 e. The van der Waals surface area contributed by atoms with Gasteiger partial charge in [-0.2, -0.15) is 0 Å². The van der Waals surface area contributed by atoms with Crippen LogP contribution in [0.25, 0.3) is 0 Å². The minimum absolute atomic E-state index is 0.0738. The average molecular weight is 239 g/mol. The van der Waals surface area contributed by atoms with Gasteiger partial charge in [0.25, 0.3) is 0 Å². The number of nitrogens with one attached hydrogen (secondary N) is 1. The van der Waals surface area contributed by atoms with Gasteiger partial charge < -0.3 is 10.8 Å². The van der Waals surface area contributed by atoms with E-state index in [0.717, 1.165) is 12.1 Å². The van der Waals surface area contributed by atoms with Crippen molar-refractivity contribution >= 4 is 5.84 Å². The van der Waals surface area contributed by atoms with Crippen molar-refractivity contribution in [1.29, 1.82) is 5.41 Å². The van der Waals surface area contributed by atoms with Crippen LogP contribution in [0.5, 0.6) is 0 Å². The molecule has 0 bridgehead atoms. The van der Waals surface area contributed by atoms with Gasteiger partial charge in [0, 0.05) is 18.7 Å². The normalized spacial score (nSPS) is 10.8. The van der Waals surface area contributed by atoms with Crippen LogP contribution < -0.4 is 5.73 Å². The van der Waals surface area contributed by atoms with Gasteiger partial charge in [-0.25, -0.2) is 4.39 Å². The second-order valence-corrected chi connectivity index (χ2v) is 3.81. The molecule has 1 aromatic rings. The number of amidine groups is 1. The predicted octanol–water partition coefficient (Wildman–Crippen LogP) is 0.924. The van der Waals surface area contributed by atoms with Crippen LogP contribution in [-0.2, 0) is 6.54 Å². The van der Waals surface area contributed by atoms with E-state index in [1.165, 1.54) is 12.1 Å². The molecule has 0 aromatic heterocycles. The maximum absolute atomic E-state index is 13.1. The first-order valence-corrected chi connectivity index (χ1v) is 5.54. The predicted molar refractivity (Wildman–Crippen MR) is 65.5 cm³/mol. The van der Waals surface area contributed by atoms with E-state index in [2.05, 4.69) is 0 Å². The number of halogens is 1. The Morgan fingerprint density at radius 2 is 2.24 bits per heavy atom. The molecule has 0 amide bonds. The zero-order valence-electron chi connectivity index (χ0n) is 9.91. The second-order valence-electron chi connectivity index (χ2n) is 3.81. The first kappa shape index (κ1) is 13.6. The summed E-state index contributed by atoms with van der Waals surface area (Å²) in [5.74, 6) is -0.538. The molecule has 0 saturated carbocycles. The molecule has 0 aliphatic carbocycles. The van der Waals surface area contributed by atoms with Gasteiger partial charge in [-0.1, -0.05) is 13.0 Å². The summed E-state index contributed by atoms with van der Waals surface area (Å²) >= 11 is 0. The van der Waals surface area contributed by atoms with Gasteiger partial charge in [0.2, 0.25) is 0 Å². The van der Waals surface area contributed by atoms with E-state index in [1.807, 2.05) is 11.8 Å². The van der Waals surface area contributed by atoms with Crippen LogP contribution in [0, 0.1) is 11.2 Å². The molecule has 1 aromatic carbocycles. The van der Waals surface area contributed by atoms with E-state index in [9.17, 15) is 4.39 Å². The van der Waals surface area contributed by atoms with E-state index in [1.54, 1.807) is 6.07 Å². The molecule has 4 nitrogen and oxygen atoms in total. The van der Waals surface area contributed by atoms with Gasteiger partial charge in [-0.15, -0.1) is 0 Å². The topological polar surface area (TPSA) is 73.3 Å². The van der Waals surface area contributed by atoms with Crippen molar-refractivity contribution in [3.05, 3.63) is 35.1 Å². The zero-order chi connectivity index (χ0) is 12.8. The highest BCUT2D eigenvalue weighted by molar-refractivity contribution is 5.96. The Kier molecular flexibility index (Phi) is 5.06. The van der Waals surface area contributed by atoms with E-state index in [-0.39, 0.29) is 12.4 Å². The van der Waals surface area contributed by atoms with Gasteiger partial charge >= 0.3 is 0 Å². The number of nitrogen functional groups attached to an aromatic ring is 1. The summed E-state index contributed by atoms with van der Waals surface area (Å²) in [5.41, 5.74) is 6.64. The first-order chi connectivity index (χ1) is 8.08. The standard InChI is InChI=1S/C12H18FN3O/c1-2-16(5-6-17)8-9-3-4-10(13)7-11(9)12(14)15/h3-4,7,17H,2,5-6,8H2,1H3,(H3,14,15). The third-order valence-corrected chi connectivity index (χ3v) is 2.62. The Morgan fingerprint density at radius 1 is 1.53 bits per heavy atom. The summed E-state index contributed by atoms with van der Waals surface area (Å²) in [7, 11) is 0. The Morgan fingerprint density at radius 3 is 2.76 bits per heavy atom. The molecule has 5 heteroatoms. The summed E-state index contributed by atoms with van der Waals surface area (Å²) in [5, 5.41) is 16.3. The monoisotopic (exact) mass is 239 g/mol. The number of aliphatic hydroxyl groups excluding tert-OH is 1. The van der Waals surface area contributed by atoms with Crippen molar-refractivity contribution in [2.45, 2.75) is 13.5 Å². The summed E-state index contributed by atoms with van der Waals surface area (Å²) in [6, 6.07) is 4.26. The molecule has 1 rings (SSSR count). The van der Waals surface area contributed by atoms with Gasteiger partial charge in [-0.05, 0) is 24.2 Å². The van der Waals surface area contributed by atoms with E-state index >= 15 is 0 Å². The molecule has 0 heterocycles. The number of aliphatic hydroxyl groups is 1. The molecule has 0 saturated heterocycles. The van der Waals surface area contributed by atoms with Crippen molar-refractivity contribution in [2.75, 3.05) is 19.7 Å². The number of benzene rings is 1.